The van der Waals surface area contributed by atoms with Gasteiger partial charge >= 0.3 is 0 Å². The number of likely N-dealkylation sites (N-methyl/N-ethyl adjacent to an activating group) is 2. The number of hydrogen-bond donors (Lipinski definition) is 3. The molecule has 6 heteroatoms. The van der Waals surface area contributed by atoms with Gasteiger partial charge in [-0.25, -0.2) is 0 Å². The Bertz CT molecular complexity index is 439. The van der Waals surface area contributed by atoms with E-state index in [9.17, 15) is 9.59 Å². The molecule has 0 unspecified atom stereocenters. The lowest BCUT2D eigenvalue weighted by Crippen LogP contribution is -2.39. The molecule has 0 atom stereocenters. The van der Waals surface area contributed by atoms with Crippen molar-refractivity contribution in [3.63, 3.8) is 0 Å². The highest BCUT2D eigenvalue weighted by atomic mass is 16.2. The molecule has 2 amide bonds. The van der Waals surface area contributed by atoms with Crippen molar-refractivity contribution in [1.29, 1.82) is 0 Å². The van der Waals surface area contributed by atoms with Crippen molar-refractivity contribution in [2.75, 3.05) is 31.6 Å². The van der Waals surface area contributed by atoms with Gasteiger partial charge in [-0.05, 0) is 25.1 Å². The number of nitrogen functional groups attached to an aromatic ring is 2. The zero-order valence-electron chi connectivity index (χ0n) is 10.6. The van der Waals surface area contributed by atoms with Crippen LogP contribution >= 0.6 is 0 Å². The fourth-order valence-electron chi connectivity index (χ4n) is 1.56. The van der Waals surface area contributed by atoms with E-state index >= 15 is 0 Å². The minimum atomic E-state index is -0.264. The van der Waals surface area contributed by atoms with Gasteiger partial charge in [0, 0.05) is 30.5 Å². The molecular formula is C12H18N4O2. The van der Waals surface area contributed by atoms with E-state index in [-0.39, 0.29) is 18.4 Å². The number of benzene rings is 1. The first-order chi connectivity index (χ1) is 8.47. The van der Waals surface area contributed by atoms with Crippen LogP contribution in [0.5, 0.6) is 0 Å². The maximum absolute atomic E-state index is 12.2. The van der Waals surface area contributed by atoms with Crippen molar-refractivity contribution in [1.82, 2.24) is 10.2 Å². The van der Waals surface area contributed by atoms with Crippen molar-refractivity contribution < 1.29 is 9.59 Å². The molecule has 18 heavy (non-hydrogen) atoms. The van der Waals surface area contributed by atoms with E-state index in [1.54, 1.807) is 25.1 Å². The van der Waals surface area contributed by atoms with Gasteiger partial charge in [-0.15, -0.1) is 0 Å². The van der Waals surface area contributed by atoms with Gasteiger partial charge in [0.15, 0.2) is 0 Å². The highest BCUT2D eigenvalue weighted by Gasteiger charge is 2.17. The lowest BCUT2D eigenvalue weighted by atomic mass is 10.1. The van der Waals surface area contributed by atoms with Crippen LogP contribution in [0.1, 0.15) is 17.3 Å². The molecule has 0 fully saturated rings. The van der Waals surface area contributed by atoms with Gasteiger partial charge in [0.1, 0.15) is 0 Å². The zero-order chi connectivity index (χ0) is 13.7. The van der Waals surface area contributed by atoms with Crippen LogP contribution in [0.15, 0.2) is 18.2 Å². The van der Waals surface area contributed by atoms with Crippen LogP contribution in [0.3, 0.4) is 0 Å². The Morgan fingerprint density at radius 2 is 1.78 bits per heavy atom. The smallest absolute Gasteiger partial charge is 0.254 e. The van der Waals surface area contributed by atoms with Gasteiger partial charge in [-0.1, -0.05) is 0 Å². The molecule has 0 aromatic heterocycles. The fraction of sp³-hybridized carbons (Fsp3) is 0.333. The summed E-state index contributed by atoms with van der Waals surface area (Å²) in [6, 6.07) is 4.67. The Morgan fingerprint density at radius 3 is 2.22 bits per heavy atom. The number of nitrogens with one attached hydrogen (secondary N) is 1. The summed E-state index contributed by atoms with van der Waals surface area (Å²) in [7, 11) is 1.53. The highest BCUT2D eigenvalue weighted by molar-refractivity contribution is 5.98. The number of nitrogens with zero attached hydrogens (tertiary/aromatic N) is 1. The van der Waals surface area contributed by atoms with Crippen LogP contribution in [0, 0.1) is 0 Å². The number of rotatable bonds is 4. The normalized spacial score (nSPS) is 9.89. The molecule has 5 N–H and O–H groups in total. The summed E-state index contributed by atoms with van der Waals surface area (Å²) in [5, 5.41) is 2.48. The number of nitrogens with two attached hydrogens (primary N) is 2. The molecule has 6 nitrogen and oxygen atoms in total. The van der Waals surface area contributed by atoms with Crippen molar-refractivity contribution in [3.05, 3.63) is 23.8 Å². The van der Waals surface area contributed by atoms with E-state index < -0.39 is 0 Å². The van der Waals surface area contributed by atoms with E-state index in [1.165, 1.54) is 11.9 Å². The Morgan fingerprint density at radius 1 is 1.22 bits per heavy atom. The summed E-state index contributed by atoms with van der Waals surface area (Å²) in [5.41, 5.74) is 12.5. The molecule has 1 aromatic carbocycles. The van der Waals surface area contributed by atoms with Crippen LogP contribution in [0.2, 0.25) is 0 Å². The molecule has 0 aliphatic heterocycles. The molecule has 0 spiro atoms. The molecule has 0 aliphatic rings. The van der Waals surface area contributed by atoms with E-state index in [4.69, 9.17) is 11.5 Å². The fourth-order valence-corrected chi connectivity index (χ4v) is 1.56. The predicted octanol–water partition coefficient (Wildman–Crippen LogP) is 0.0591. The molecule has 0 saturated carbocycles. The van der Waals surface area contributed by atoms with Crippen molar-refractivity contribution in [2.45, 2.75) is 6.92 Å². The second kappa shape index (κ2) is 5.90. The largest absolute Gasteiger partial charge is 0.399 e. The minimum Gasteiger partial charge on any atom is -0.399 e. The highest BCUT2D eigenvalue weighted by Crippen LogP contribution is 2.15. The summed E-state index contributed by atoms with van der Waals surface area (Å²) in [5.74, 6) is -0.484. The molecule has 98 valence electrons. The summed E-state index contributed by atoms with van der Waals surface area (Å²) in [6.07, 6.45) is 0. The number of amides is 2. The lowest BCUT2D eigenvalue weighted by molar-refractivity contribution is -0.121. The average molecular weight is 250 g/mol. The second-order valence-corrected chi connectivity index (χ2v) is 3.88. The Hall–Kier alpha value is -2.24. The van der Waals surface area contributed by atoms with E-state index in [0.29, 0.717) is 23.5 Å². The Balaban J connectivity index is 2.92. The summed E-state index contributed by atoms with van der Waals surface area (Å²) in [6.45, 7) is 2.25. The maximum Gasteiger partial charge on any atom is 0.254 e. The number of carbonyl (C=O) groups is 2. The third kappa shape index (κ3) is 3.38. The zero-order valence-corrected chi connectivity index (χ0v) is 10.6. The summed E-state index contributed by atoms with van der Waals surface area (Å²) in [4.78, 5) is 24.9. The van der Waals surface area contributed by atoms with Gasteiger partial charge in [0.05, 0.1) is 6.54 Å². The van der Waals surface area contributed by atoms with Crippen LogP contribution in [-0.4, -0.2) is 36.9 Å². The van der Waals surface area contributed by atoms with E-state index in [0.717, 1.165) is 0 Å². The third-order valence-corrected chi connectivity index (χ3v) is 2.51. The van der Waals surface area contributed by atoms with Gasteiger partial charge in [-0.3, -0.25) is 9.59 Å². The van der Waals surface area contributed by atoms with Gasteiger partial charge in [-0.2, -0.15) is 0 Å². The number of carbonyl (C=O) groups excluding carboxylic acids is 2. The standard InChI is InChI=1S/C12H18N4O2/c1-3-16(7-11(17)15-2)12(18)8-4-9(13)6-10(14)5-8/h4-6H,3,7,13-14H2,1-2H3,(H,15,17). The first kappa shape index (κ1) is 13.8. The molecule has 0 aliphatic carbocycles. The van der Waals surface area contributed by atoms with Gasteiger partial charge in [0.25, 0.3) is 5.91 Å². The SMILES string of the molecule is CCN(CC(=O)NC)C(=O)c1cc(N)cc(N)c1. The molecule has 0 saturated heterocycles. The monoisotopic (exact) mass is 250 g/mol. The van der Waals surface area contributed by atoms with Crippen molar-refractivity contribution in [2.24, 2.45) is 0 Å². The van der Waals surface area contributed by atoms with Crippen molar-refractivity contribution in [3.8, 4) is 0 Å². The van der Waals surface area contributed by atoms with E-state index in [2.05, 4.69) is 5.32 Å². The van der Waals surface area contributed by atoms with Gasteiger partial charge < -0.3 is 21.7 Å². The molecule has 0 heterocycles. The first-order valence-corrected chi connectivity index (χ1v) is 5.63. The Labute approximate surface area is 106 Å². The minimum absolute atomic E-state index is 0.0144. The molecular weight excluding hydrogens is 232 g/mol. The predicted molar refractivity (Wildman–Crippen MR) is 70.9 cm³/mol. The first-order valence-electron chi connectivity index (χ1n) is 5.63. The number of anilines is 2. The van der Waals surface area contributed by atoms with Crippen LogP contribution in [0.25, 0.3) is 0 Å². The third-order valence-electron chi connectivity index (χ3n) is 2.51. The molecule has 0 bridgehead atoms. The van der Waals surface area contributed by atoms with Crippen LogP contribution < -0.4 is 16.8 Å². The van der Waals surface area contributed by atoms with Gasteiger partial charge in [0.2, 0.25) is 5.91 Å². The molecule has 1 aromatic rings. The van der Waals surface area contributed by atoms with Crippen molar-refractivity contribution >= 4 is 23.2 Å². The molecule has 1 rings (SSSR count). The maximum atomic E-state index is 12.2. The van der Waals surface area contributed by atoms with E-state index in [1.807, 2.05) is 0 Å². The van der Waals surface area contributed by atoms with Crippen LogP contribution in [0.4, 0.5) is 11.4 Å². The summed E-state index contributed by atoms with van der Waals surface area (Å²) >= 11 is 0. The summed E-state index contributed by atoms with van der Waals surface area (Å²) < 4.78 is 0. The molecule has 0 radical (unpaired) electrons. The number of hydrogen-bond acceptors (Lipinski definition) is 4. The lowest BCUT2D eigenvalue weighted by Gasteiger charge is -2.20. The second-order valence-electron chi connectivity index (χ2n) is 3.88. The quantitative estimate of drug-likeness (QED) is 0.657. The topological polar surface area (TPSA) is 101 Å². The Kier molecular flexibility index (Phi) is 4.53. The van der Waals surface area contributed by atoms with Crippen LogP contribution in [-0.2, 0) is 4.79 Å². The average Bonchev–Trinajstić information content (AvgIpc) is 2.33.